The van der Waals surface area contributed by atoms with Crippen molar-refractivity contribution in [1.82, 2.24) is 0 Å². The normalized spacial score (nSPS) is 17.0. The predicted molar refractivity (Wildman–Crippen MR) is 109 cm³/mol. The molecule has 3 rings (SSSR count). The molecule has 0 aliphatic carbocycles. The molecule has 156 valence electrons. The third-order valence-electron chi connectivity index (χ3n) is 4.87. The summed E-state index contributed by atoms with van der Waals surface area (Å²) in [6, 6.07) is 14.6. The van der Waals surface area contributed by atoms with Gasteiger partial charge in [-0.2, -0.15) is 0 Å². The van der Waals surface area contributed by atoms with Crippen molar-refractivity contribution in [3.63, 3.8) is 0 Å². The SMILES string of the molecule is OC[C@@H](O)[C@@H](O)[C@H](O)[C@@H](O)C(O)c1cc(Cc2cc3ccccc3s2)ccc1O. The van der Waals surface area contributed by atoms with Gasteiger partial charge in [-0.05, 0) is 35.2 Å². The molecule has 0 aliphatic rings. The summed E-state index contributed by atoms with van der Waals surface area (Å²) in [6.45, 7) is -0.822. The number of aliphatic hydroxyl groups excluding tert-OH is 6. The Balaban J connectivity index is 1.80. The van der Waals surface area contributed by atoms with Gasteiger partial charge in [0.25, 0.3) is 0 Å². The number of aromatic hydroxyl groups is 1. The fourth-order valence-electron chi connectivity index (χ4n) is 3.18. The van der Waals surface area contributed by atoms with Gasteiger partial charge < -0.3 is 35.7 Å². The molecule has 8 heteroatoms. The summed E-state index contributed by atoms with van der Waals surface area (Å²) in [5.74, 6) is -0.277. The molecule has 1 heterocycles. The highest BCUT2D eigenvalue weighted by atomic mass is 32.1. The van der Waals surface area contributed by atoms with Gasteiger partial charge in [0.15, 0.2) is 0 Å². The summed E-state index contributed by atoms with van der Waals surface area (Å²) < 4.78 is 1.15. The van der Waals surface area contributed by atoms with Crippen molar-refractivity contribution in [3.8, 4) is 5.75 Å². The first-order valence-electron chi connectivity index (χ1n) is 9.12. The lowest BCUT2D eigenvalue weighted by molar-refractivity contribution is -0.141. The molecular weight excluding hydrogens is 396 g/mol. The van der Waals surface area contributed by atoms with Crippen molar-refractivity contribution in [2.24, 2.45) is 0 Å². The van der Waals surface area contributed by atoms with E-state index in [1.807, 2.05) is 24.3 Å². The number of thiophene rings is 1. The first-order chi connectivity index (χ1) is 13.8. The molecular formula is C21H24O7S. The Morgan fingerprint density at radius 2 is 1.55 bits per heavy atom. The van der Waals surface area contributed by atoms with E-state index in [0.717, 1.165) is 20.5 Å². The zero-order valence-corrected chi connectivity index (χ0v) is 16.3. The molecule has 1 aromatic heterocycles. The second-order valence-electron chi connectivity index (χ2n) is 6.99. The quantitative estimate of drug-likeness (QED) is 0.284. The molecule has 0 aliphatic heterocycles. The van der Waals surface area contributed by atoms with Gasteiger partial charge >= 0.3 is 0 Å². The van der Waals surface area contributed by atoms with Gasteiger partial charge in [-0.1, -0.05) is 24.3 Å². The van der Waals surface area contributed by atoms with E-state index >= 15 is 0 Å². The third kappa shape index (κ3) is 4.76. The van der Waals surface area contributed by atoms with E-state index in [1.165, 1.54) is 12.1 Å². The van der Waals surface area contributed by atoms with Crippen molar-refractivity contribution in [3.05, 3.63) is 64.5 Å². The maximum Gasteiger partial charge on any atom is 0.121 e. The molecule has 2 aromatic carbocycles. The summed E-state index contributed by atoms with van der Waals surface area (Å²) in [6.07, 6.45) is -8.54. The second kappa shape index (κ2) is 9.19. The molecule has 0 fully saturated rings. The van der Waals surface area contributed by atoms with Gasteiger partial charge in [0.05, 0.1) is 6.61 Å². The van der Waals surface area contributed by atoms with Crippen LogP contribution in [0.25, 0.3) is 10.1 Å². The average molecular weight is 420 g/mol. The zero-order chi connectivity index (χ0) is 21.1. The Bertz CT molecular complexity index is 924. The highest BCUT2D eigenvalue weighted by Gasteiger charge is 2.35. The van der Waals surface area contributed by atoms with Crippen LogP contribution in [0.3, 0.4) is 0 Å². The fourth-order valence-corrected chi connectivity index (χ4v) is 4.28. The van der Waals surface area contributed by atoms with Crippen LogP contribution in [-0.4, -0.2) is 66.8 Å². The van der Waals surface area contributed by atoms with Gasteiger partial charge in [-0.15, -0.1) is 11.3 Å². The lowest BCUT2D eigenvalue weighted by atomic mass is 9.93. The summed E-state index contributed by atoms with van der Waals surface area (Å²) in [5, 5.41) is 69.9. The van der Waals surface area contributed by atoms with Crippen LogP contribution in [0.4, 0.5) is 0 Å². The lowest BCUT2D eigenvalue weighted by Gasteiger charge is -2.29. The van der Waals surface area contributed by atoms with Gasteiger partial charge in [-0.3, -0.25) is 0 Å². The Hall–Kier alpha value is -2.04. The Labute approximate surface area is 171 Å². The number of aliphatic hydroxyl groups is 6. The molecule has 7 N–H and O–H groups in total. The van der Waals surface area contributed by atoms with Crippen LogP contribution in [0.2, 0.25) is 0 Å². The van der Waals surface area contributed by atoms with E-state index in [2.05, 4.69) is 6.07 Å². The summed E-state index contributed by atoms with van der Waals surface area (Å²) in [4.78, 5) is 1.08. The van der Waals surface area contributed by atoms with Crippen LogP contribution in [0.1, 0.15) is 22.1 Å². The summed E-state index contributed by atoms with van der Waals surface area (Å²) in [5.41, 5.74) is 0.766. The number of hydrogen-bond donors (Lipinski definition) is 7. The molecule has 0 amide bonds. The Morgan fingerprint density at radius 3 is 2.24 bits per heavy atom. The van der Waals surface area contributed by atoms with E-state index in [0.29, 0.717) is 6.42 Å². The van der Waals surface area contributed by atoms with E-state index < -0.39 is 37.1 Å². The maximum atomic E-state index is 10.4. The maximum absolute atomic E-state index is 10.4. The van der Waals surface area contributed by atoms with E-state index in [-0.39, 0.29) is 11.3 Å². The first-order valence-corrected chi connectivity index (χ1v) is 9.94. The van der Waals surface area contributed by atoms with Crippen molar-refractivity contribution in [2.45, 2.75) is 36.9 Å². The molecule has 0 saturated carbocycles. The van der Waals surface area contributed by atoms with Crippen LogP contribution in [0.15, 0.2) is 48.5 Å². The van der Waals surface area contributed by atoms with E-state index in [4.69, 9.17) is 5.11 Å². The van der Waals surface area contributed by atoms with Gasteiger partial charge in [0, 0.05) is 21.6 Å². The number of fused-ring (bicyclic) bond motifs is 1. The Morgan fingerprint density at radius 1 is 0.828 bits per heavy atom. The minimum absolute atomic E-state index is 0.0131. The summed E-state index contributed by atoms with van der Waals surface area (Å²) in [7, 11) is 0. The van der Waals surface area contributed by atoms with Gasteiger partial charge in [0.2, 0.25) is 0 Å². The third-order valence-corrected chi connectivity index (χ3v) is 5.99. The predicted octanol–water partition coefficient (Wildman–Crippen LogP) is 0.667. The average Bonchev–Trinajstić information content (AvgIpc) is 3.14. The van der Waals surface area contributed by atoms with Crippen molar-refractivity contribution < 1.29 is 35.7 Å². The minimum Gasteiger partial charge on any atom is -0.508 e. The molecule has 0 bridgehead atoms. The number of benzene rings is 2. The molecule has 0 saturated heterocycles. The highest BCUT2D eigenvalue weighted by Crippen LogP contribution is 2.32. The van der Waals surface area contributed by atoms with E-state index in [9.17, 15) is 30.6 Å². The van der Waals surface area contributed by atoms with Gasteiger partial charge in [-0.25, -0.2) is 0 Å². The molecule has 3 aromatic rings. The second-order valence-corrected chi connectivity index (χ2v) is 8.16. The molecule has 29 heavy (non-hydrogen) atoms. The Kier molecular flexibility index (Phi) is 6.86. The van der Waals surface area contributed by atoms with Crippen LogP contribution < -0.4 is 0 Å². The smallest absolute Gasteiger partial charge is 0.121 e. The highest BCUT2D eigenvalue weighted by molar-refractivity contribution is 7.19. The largest absolute Gasteiger partial charge is 0.508 e. The fraction of sp³-hybridized carbons (Fsp3) is 0.333. The monoisotopic (exact) mass is 420 g/mol. The number of hydrogen-bond acceptors (Lipinski definition) is 8. The number of rotatable bonds is 8. The molecule has 1 unspecified atom stereocenters. The number of phenolic OH excluding ortho intramolecular Hbond substituents is 1. The van der Waals surface area contributed by atoms with Gasteiger partial charge in [0.1, 0.15) is 36.3 Å². The number of phenols is 1. The van der Waals surface area contributed by atoms with Crippen molar-refractivity contribution in [1.29, 1.82) is 0 Å². The van der Waals surface area contributed by atoms with Crippen molar-refractivity contribution in [2.75, 3.05) is 6.61 Å². The lowest BCUT2D eigenvalue weighted by Crippen LogP contribution is -2.47. The topological polar surface area (TPSA) is 142 Å². The van der Waals surface area contributed by atoms with Crippen LogP contribution in [0, 0.1) is 0 Å². The minimum atomic E-state index is -1.93. The van der Waals surface area contributed by atoms with Crippen LogP contribution in [0.5, 0.6) is 5.75 Å². The van der Waals surface area contributed by atoms with Crippen LogP contribution in [-0.2, 0) is 6.42 Å². The summed E-state index contributed by atoms with van der Waals surface area (Å²) >= 11 is 1.63. The standard InChI is InChI=1S/C21H24O7S/c22-10-16(24)19(26)21(28)20(27)18(25)14-8-11(5-6-15(14)23)7-13-9-12-3-1-2-4-17(12)29-13/h1-6,8-9,16,18-28H,7,10H2/t16-,18?,19-,20+,21+/m1/s1. The first kappa shape index (κ1) is 21.7. The van der Waals surface area contributed by atoms with Crippen LogP contribution >= 0.6 is 11.3 Å². The molecule has 0 radical (unpaired) electrons. The van der Waals surface area contributed by atoms with Crippen molar-refractivity contribution >= 4 is 21.4 Å². The molecule has 7 nitrogen and oxygen atoms in total. The van der Waals surface area contributed by atoms with E-state index in [1.54, 1.807) is 17.4 Å². The zero-order valence-electron chi connectivity index (χ0n) is 15.5. The molecule has 0 spiro atoms. The molecule has 5 atom stereocenters.